The Hall–Kier alpha value is -4.25. The third kappa shape index (κ3) is 5.52. The molecule has 0 saturated heterocycles. The molecule has 2 aromatic heterocycles. The fourth-order valence-corrected chi connectivity index (χ4v) is 4.53. The van der Waals surface area contributed by atoms with Gasteiger partial charge in [-0.25, -0.2) is 9.97 Å². The predicted molar refractivity (Wildman–Crippen MR) is 145 cm³/mol. The lowest BCUT2D eigenvalue weighted by Crippen LogP contribution is -2.35. The van der Waals surface area contributed by atoms with Crippen molar-refractivity contribution in [1.82, 2.24) is 25.1 Å². The summed E-state index contributed by atoms with van der Waals surface area (Å²) in [6.45, 7) is 5.19. The van der Waals surface area contributed by atoms with Gasteiger partial charge in [0.15, 0.2) is 23.9 Å². The van der Waals surface area contributed by atoms with E-state index in [0.717, 1.165) is 5.56 Å². The number of fused-ring (bicyclic) bond motifs is 1. The number of aromatic nitrogens is 4. The van der Waals surface area contributed by atoms with Gasteiger partial charge >= 0.3 is 0 Å². The first-order valence-corrected chi connectivity index (χ1v) is 12.9. The highest BCUT2D eigenvalue weighted by molar-refractivity contribution is 9.10. The Morgan fingerprint density at radius 3 is 2.71 bits per heavy atom. The van der Waals surface area contributed by atoms with Crippen LogP contribution in [0, 0.1) is 6.92 Å². The van der Waals surface area contributed by atoms with Crippen molar-refractivity contribution in [2.45, 2.75) is 20.4 Å². The van der Waals surface area contributed by atoms with E-state index in [-0.39, 0.29) is 18.4 Å². The SMILES string of the molecule is CCOc1cc(-c2nccc(-c3cc4n(n3)CCNC4=O)n2)cc(Br)c1OCC(=O)Nc1ccc(C)cc1. The van der Waals surface area contributed by atoms with Crippen LogP contribution < -0.4 is 20.1 Å². The topological polar surface area (TPSA) is 120 Å². The van der Waals surface area contributed by atoms with Gasteiger partial charge in [-0.1, -0.05) is 17.7 Å². The number of nitrogens with one attached hydrogen (secondary N) is 2. The lowest BCUT2D eigenvalue weighted by molar-refractivity contribution is -0.118. The maximum absolute atomic E-state index is 12.5. The monoisotopic (exact) mass is 576 g/mol. The molecular weight excluding hydrogens is 552 g/mol. The first kappa shape index (κ1) is 25.4. The van der Waals surface area contributed by atoms with E-state index in [1.54, 1.807) is 35.1 Å². The van der Waals surface area contributed by atoms with Crippen molar-refractivity contribution in [1.29, 1.82) is 0 Å². The van der Waals surface area contributed by atoms with Crippen LogP contribution in [-0.2, 0) is 11.3 Å². The molecule has 0 radical (unpaired) electrons. The summed E-state index contributed by atoms with van der Waals surface area (Å²) in [5.41, 5.74) is 4.16. The fraction of sp³-hybridized carbons (Fsp3) is 0.222. The normalized spacial score (nSPS) is 12.4. The molecule has 0 bridgehead atoms. The quantitative estimate of drug-likeness (QED) is 0.322. The second-order valence-corrected chi connectivity index (χ2v) is 9.43. The standard InChI is InChI=1S/C27H25BrN6O4/c1-3-37-23-13-17(12-19(28)25(23)38-15-24(35)31-18-6-4-16(2)5-7-18)26-29-9-8-20(32-26)21-14-22-27(36)30-10-11-34(22)33-21/h4-9,12-14H,3,10-11,15H2,1-2H3,(H,30,36)(H,31,35). The molecule has 10 nitrogen and oxygen atoms in total. The number of anilines is 1. The molecule has 3 heterocycles. The van der Waals surface area contributed by atoms with Gasteiger partial charge in [0.2, 0.25) is 0 Å². The van der Waals surface area contributed by atoms with Crippen molar-refractivity contribution in [3.8, 4) is 34.3 Å². The summed E-state index contributed by atoms with van der Waals surface area (Å²) < 4.78 is 13.9. The van der Waals surface area contributed by atoms with Crippen molar-refractivity contribution >= 4 is 33.4 Å². The molecule has 2 N–H and O–H groups in total. The fourth-order valence-electron chi connectivity index (χ4n) is 3.97. The summed E-state index contributed by atoms with van der Waals surface area (Å²) in [5.74, 6) is 0.849. The zero-order valence-electron chi connectivity index (χ0n) is 20.8. The zero-order chi connectivity index (χ0) is 26.6. The van der Waals surface area contributed by atoms with Crippen molar-refractivity contribution in [3.05, 3.63) is 70.5 Å². The number of aryl methyl sites for hydroxylation is 1. The van der Waals surface area contributed by atoms with Crippen LogP contribution in [0.25, 0.3) is 22.8 Å². The summed E-state index contributed by atoms with van der Waals surface area (Å²) in [5, 5.41) is 10.2. The van der Waals surface area contributed by atoms with Crippen LogP contribution in [0.3, 0.4) is 0 Å². The number of nitrogens with zero attached hydrogens (tertiary/aromatic N) is 4. The van der Waals surface area contributed by atoms with E-state index in [0.29, 0.717) is 69.8 Å². The minimum absolute atomic E-state index is 0.155. The molecule has 0 spiro atoms. The maximum atomic E-state index is 12.5. The molecule has 5 rings (SSSR count). The summed E-state index contributed by atoms with van der Waals surface area (Å²) in [4.78, 5) is 33.7. The van der Waals surface area contributed by atoms with Gasteiger partial charge in [0.25, 0.3) is 11.8 Å². The van der Waals surface area contributed by atoms with Crippen molar-refractivity contribution in [2.75, 3.05) is 25.1 Å². The average Bonchev–Trinajstić information content (AvgIpc) is 3.36. The lowest BCUT2D eigenvalue weighted by atomic mass is 10.1. The number of hydrogen-bond acceptors (Lipinski definition) is 7. The summed E-state index contributed by atoms with van der Waals surface area (Å²) in [7, 11) is 0. The van der Waals surface area contributed by atoms with Crippen LogP contribution in [0.5, 0.6) is 11.5 Å². The van der Waals surface area contributed by atoms with E-state index < -0.39 is 0 Å². The first-order chi connectivity index (χ1) is 18.4. The third-order valence-electron chi connectivity index (χ3n) is 5.79. The molecule has 2 amide bonds. The molecule has 1 aliphatic heterocycles. The van der Waals surface area contributed by atoms with Gasteiger partial charge in [-0.3, -0.25) is 14.3 Å². The van der Waals surface area contributed by atoms with Gasteiger partial charge in [-0.05, 0) is 66.2 Å². The van der Waals surface area contributed by atoms with E-state index >= 15 is 0 Å². The molecule has 0 unspecified atom stereocenters. The van der Waals surface area contributed by atoms with Gasteiger partial charge in [0.1, 0.15) is 11.4 Å². The van der Waals surface area contributed by atoms with Gasteiger partial charge in [0.05, 0.1) is 23.3 Å². The van der Waals surface area contributed by atoms with Crippen LogP contribution in [0.15, 0.2) is 59.2 Å². The number of benzene rings is 2. The lowest BCUT2D eigenvalue weighted by Gasteiger charge is -2.15. The number of amides is 2. The Labute approximate surface area is 227 Å². The van der Waals surface area contributed by atoms with E-state index in [2.05, 4.69) is 41.6 Å². The van der Waals surface area contributed by atoms with Crippen molar-refractivity contribution in [3.63, 3.8) is 0 Å². The number of carbonyl (C=O) groups excluding carboxylic acids is 2. The summed E-state index contributed by atoms with van der Waals surface area (Å²) in [6, 6.07) is 14.6. The third-order valence-corrected chi connectivity index (χ3v) is 6.38. The van der Waals surface area contributed by atoms with Crippen LogP contribution >= 0.6 is 15.9 Å². The second-order valence-electron chi connectivity index (χ2n) is 8.58. The highest BCUT2D eigenvalue weighted by Crippen LogP contribution is 2.39. The Balaban J connectivity index is 1.37. The van der Waals surface area contributed by atoms with Gasteiger partial charge in [-0.2, -0.15) is 5.10 Å². The Morgan fingerprint density at radius 2 is 1.95 bits per heavy atom. The maximum Gasteiger partial charge on any atom is 0.269 e. The molecular formula is C27H25BrN6O4. The first-order valence-electron chi connectivity index (χ1n) is 12.1. The van der Waals surface area contributed by atoms with Crippen molar-refractivity contribution in [2.24, 2.45) is 0 Å². The molecule has 0 atom stereocenters. The van der Waals surface area contributed by atoms with Crippen LogP contribution in [0.2, 0.25) is 0 Å². The van der Waals surface area contributed by atoms with Crippen LogP contribution in [-0.4, -0.2) is 51.3 Å². The molecule has 4 aromatic rings. The van der Waals surface area contributed by atoms with E-state index in [9.17, 15) is 9.59 Å². The zero-order valence-corrected chi connectivity index (χ0v) is 22.4. The average molecular weight is 577 g/mol. The van der Waals surface area contributed by atoms with Gasteiger partial charge in [0, 0.05) is 24.0 Å². The summed E-state index contributed by atoms with van der Waals surface area (Å²) >= 11 is 3.55. The molecule has 1 aliphatic rings. The predicted octanol–water partition coefficient (Wildman–Crippen LogP) is 4.24. The van der Waals surface area contributed by atoms with Crippen LogP contribution in [0.1, 0.15) is 23.0 Å². The molecule has 194 valence electrons. The van der Waals surface area contributed by atoms with E-state index in [1.165, 1.54) is 0 Å². The smallest absolute Gasteiger partial charge is 0.269 e. The highest BCUT2D eigenvalue weighted by atomic mass is 79.9. The minimum Gasteiger partial charge on any atom is -0.490 e. The van der Waals surface area contributed by atoms with Gasteiger partial charge < -0.3 is 20.1 Å². The Morgan fingerprint density at radius 1 is 1.13 bits per heavy atom. The van der Waals surface area contributed by atoms with Gasteiger partial charge in [-0.15, -0.1) is 0 Å². The second kappa shape index (κ2) is 11.0. The molecule has 38 heavy (non-hydrogen) atoms. The number of carbonyl (C=O) groups is 2. The number of hydrogen-bond donors (Lipinski definition) is 2. The largest absolute Gasteiger partial charge is 0.490 e. The molecule has 11 heteroatoms. The van der Waals surface area contributed by atoms with E-state index in [4.69, 9.17) is 9.47 Å². The minimum atomic E-state index is -0.292. The number of ether oxygens (including phenoxy) is 2. The highest BCUT2D eigenvalue weighted by Gasteiger charge is 2.21. The summed E-state index contributed by atoms with van der Waals surface area (Å²) in [6.07, 6.45) is 1.64. The van der Waals surface area contributed by atoms with Crippen molar-refractivity contribution < 1.29 is 19.1 Å². The van der Waals surface area contributed by atoms with E-state index in [1.807, 2.05) is 38.1 Å². The molecule has 2 aromatic carbocycles. The Bertz CT molecular complexity index is 1500. The Kier molecular flexibility index (Phi) is 7.36. The number of rotatable bonds is 8. The van der Waals surface area contributed by atoms with Crippen LogP contribution in [0.4, 0.5) is 5.69 Å². The molecule has 0 saturated carbocycles. The molecule has 0 aliphatic carbocycles. The number of halogens is 1. The molecule has 0 fully saturated rings.